The Morgan fingerprint density at radius 2 is 1.88 bits per heavy atom. The van der Waals surface area contributed by atoms with Crippen molar-refractivity contribution in [3.8, 4) is 0 Å². The van der Waals surface area contributed by atoms with Crippen molar-refractivity contribution in [2.75, 3.05) is 29.9 Å². The topological polar surface area (TPSA) is 77.7 Å². The van der Waals surface area contributed by atoms with Gasteiger partial charge in [-0.15, -0.1) is 0 Å². The predicted octanol–water partition coefficient (Wildman–Crippen LogP) is 3.52. The summed E-state index contributed by atoms with van der Waals surface area (Å²) < 4.78 is 5.13. The summed E-state index contributed by atoms with van der Waals surface area (Å²) >= 11 is 0. The van der Waals surface area contributed by atoms with Gasteiger partial charge in [0.2, 0.25) is 0 Å². The number of aliphatic hydroxyl groups excluding tert-OH is 1. The van der Waals surface area contributed by atoms with Crippen LogP contribution >= 0.6 is 0 Å². The molecule has 1 aromatic carbocycles. The van der Waals surface area contributed by atoms with Crippen LogP contribution < -0.4 is 15.5 Å². The van der Waals surface area contributed by atoms with Gasteiger partial charge in [-0.1, -0.05) is 25.0 Å². The Labute approximate surface area is 147 Å². The van der Waals surface area contributed by atoms with Gasteiger partial charge < -0.3 is 25.1 Å². The van der Waals surface area contributed by atoms with E-state index in [1.165, 1.54) is 31.9 Å². The number of carbonyl (C=O) groups is 1. The number of nitrogens with zero attached hydrogens (tertiary/aromatic N) is 1. The zero-order valence-corrected chi connectivity index (χ0v) is 14.3. The second-order valence-corrected chi connectivity index (χ2v) is 6.28. The highest BCUT2D eigenvalue weighted by molar-refractivity contribution is 5.93. The van der Waals surface area contributed by atoms with E-state index in [4.69, 9.17) is 4.42 Å². The maximum absolute atomic E-state index is 12.2. The summed E-state index contributed by atoms with van der Waals surface area (Å²) in [6.45, 7) is 2.11. The first-order valence-electron chi connectivity index (χ1n) is 8.84. The molecule has 0 saturated carbocycles. The zero-order chi connectivity index (χ0) is 17.5. The van der Waals surface area contributed by atoms with E-state index in [9.17, 15) is 9.90 Å². The minimum Gasteiger partial charge on any atom is -0.467 e. The molecule has 6 nitrogen and oxygen atoms in total. The highest BCUT2D eigenvalue weighted by Gasteiger charge is 2.16. The van der Waals surface area contributed by atoms with Crippen molar-refractivity contribution in [2.45, 2.75) is 31.8 Å². The molecule has 6 heteroatoms. The molecule has 2 heterocycles. The van der Waals surface area contributed by atoms with Crippen molar-refractivity contribution in [2.24, 2.45) is 0 Å². The number of benzene rings is 1. The molecule has 25 heavy (non-hydrogen) atoms. The Bertz CT molecular complexity index is 664. The summed E-state index contributed by atoms with van der Waals surface area (Å²) in [6.07, 6.45) is 5.51. The molecule has 0 spiro atoms. The second-order valence-electron chi connectivity index (χ2n) is 6.28. The summed E-state index contributed by atoms with van der Waals surface area (Å²) in [5.74, 6) is 0.435. The Balaban J connectivity index is 1.59. The number of furan rings is 1. The molecular weight excluding hydrogens is 318 g/mol. The van der Waals surface area contributed by atoms with Crippen LogP contribution in [-0.2, 0) is 0 Å². The molecule has 0 aliphatic carbocycles. The van der Waals surface area contributed by atoms with Crippen LogP contribution in [0.5, 0.6) is 0 Å². The van der Waals surface area contributed by atoms with Gasteiger partial charge >= 0.3 is 6.03 Å². The maximum atomic E-state index is 12.2. The lowest BCUT2D eigenvalue weighted by Crippen LogP contribution is -2.33. The van der Waals surface area contributed by atoms with Crippen molar-refractivity contribution in [3.63, 3.8) is 0 Å². The van der Waals surface area contributed by atoms with Gasteiger partial charge in [0.1, 0.15) is 11.9 Å². The minimum atomic E-state index is -0.860. The van der Waals surface area contributed by atoms with Crippen LogP contribution in [0.25, 0.3) is 0 Å². The highest BCUT2D eigenvalue weighted by atomic mass is 16.4. The second kappa shape index (κ2) is 8.58. The molecule has 1 aromatic heterocycles. The van der Waals surface area contributed by atoms with Crippen molar-refractivity contribution in [1.82, 2.24) is 5.32 Å². The normalized spacial score (nSPS) is 16.1. The third-order valence-corrected chi connectivity index (χ3v) is 4.43. The van der Waals surface area contributed by atoms with Gasteiger partial charge in [-0.3, -0.25) is 0 Å². The molecule has 3 N–H and O–H groups in total. The van der Waals surface area contributed by atoms with Gasteiger partial charge in [0.25, 0.3) is 0 Å². The Morgan fingerprint density at radius 3 is 2.60 bits per heavy atom. The van der Waals surface area contributed by atoms with Crippen LogP contribution in [0, 0.1) is 0 Å². The molecule has 1 atom stereocenters. The van der Waals surface area contributed by atoms with Crippen molar-refractivity contribution in [3.05, 3.63) is 48.4 Å². The maximum Gasteiger partial charge on any atom is 0.319 e. The summed E-state index contributed by atoms with van der Waals surface area (Å²) in [6, 6.07) is 10.9. The number of amides is 2. The molecule has 1 aliphatic heterocycles. The van der Waals surface area contributed by atoms with Gasteiger partial charge in [-0.05, 0) is 37.1 Å². The molecule has 3 rings (SSSR count). The fourth-order valence-electron chi connectivity index (χ4n) is 3.10. The highest BCUT2D eigenvalue weighted by Crippen LogP contribution is 2.27. The van der Waals surface area contributed by atoms with Gasteiger partial charge in [-0.25, -0.2) is 4.79 Å². The summed E-state index contributed by atoms with van der Waals surface area (Å²) in [5, 5.41) is 15.5. The summed E-state index contributed by atoms with van der Waals surface area (Å²) in [7, 11) is 0. The van der Waals surface area contributed by atoms with Crippen LogP contribution in [0.15, 0.2) is 47.1 Å². The lowest BCUT2D eigenvalue weighted by atomic mass is 10.2. The van der Waals surface area contributed by atoms with E-state index in [0.29, 0.717) is 5.76 Å². The smallest absolute Gasteiger partial charge is 0.319 e. The molecule has 1 aliphatic rings. The first kappa shape index (κ1) is 17.4. The SMILES string of the molecule is O=C(NCC(O)c1ccco1)Nc1ccccc1N1CCCCCC1. The van der Waals surface area contributed by atoms with E-state index < -0.39 is 6.10 Å². The first-order valence-corrected chi connectivity index (χ1v) is 8.84. The molecule has 2 amide bonds. The first-order chi connectivity index (χ1) is 12.2. The molecule has 1 saturated heterocycles. The number of anilines is 2. The van der Waals surface area contributed by atoms with E-state index in [1.54, 1.807) is 12.1 Å². The van der Waals surface area contributed by atoms with Crippen LogP contribution in [0.2, 0.25) is 0 Å². The average Bonchev–Trinajstić information content (AvgIpc) is 3.03. The zero-order valence-electron chi connectivity index (χ0n) is 14.3. The number of hydrogen-bond acceptors (Lipinski definition) is 4. The molecule has 1 fully saturated rings. The minimum absolute atomic E-state index is 0.0885. The fraction of sp³-hybridized carbons (Fsp3) is 0.421. The van der Waals surface area contributed by atoms with Crippen LogP contribution in [-0.4, -0.2) is 30.8 Å². The molecule has 134 valence electrons. The largest absolute Gasteiger partial charge is 0.467 e. The van der Waals surface area contributed by atoms with Crippen LogP contribution in [0.3, 0.4) is 0 Å². The van der Waals surface area contributed by atoms with Gasteiger partial charge in [0.15, 0.2) is 0 Å². The summed E-state index contributed by atoms with van der Waals surface area (Å²) in [5.41, 5.74) is 1.83. The molecule has 1 unspecified atom stereocenters. The van der Waals surface area contributed by atoms with E-state index >= 15 is 0 Å². The van der Waals surface area contributed by atoms with Crippen LogP contribution in [0.4, 0.5) is 16.2 Å². The number of carbonyl (C=O) groups excluding carboxylic acids is 1. The Hall–Kier alpha value is -2.47. The van der Waals surface area contributed by atoms with Crippen molar-refractivity contribution in [1.29, 1.82) is 0 Å². The van der Waals surface area contributed by atoms with Gasteiger partial charge in [0, 0.05) is 13.1 Å². The van der Waals surface area contributed by atoms with Crippen molar-refractivity contribution < 1.29 is 14.3 Å². The Morgan fingerprint density at radius 1 is 1.12 bits per heavy atom. The van der Waals surface area contributed by atoms with E-state index in [-0.39, 0.29) is 12.6 Å². The predicted molar refractivity (Wildman–Crippen MR) is 97.8 cm³/mol. The number of hydrogen-bond donors (Lipinski definition) is 3. The third-order valence-electron chi connectivity index (χ3n) is 4.43. The monoisotopic (exact) mass is 343 g/mol. The van der Waals surface area contributed by atoms with Gasteiger partial charge in [0.05, 0.1) is 24.2 Å². The average molecular weight is 343 g/mol. The lowest BCUT2D eigenvalue weighted by molar-refractivity contribution is 0.149. The number of rotatable bonds is 5. The standard InChI is InChI=1S/C19H25N3O3/c23-17(18-10-7-13-25-18)14-20-19(24)21-15-8-3-4-9-16(15)22-11-5-1-2-6-12-22/h3-4,7-10,13,17,23H,1-2,5-6,11-12,14H2,(H2,20,21,24). The fourth-order valence-corrected chi connectivity index (χ4v) is 3.10. The van der Waals surface area contributed by atoms with E-state index in [0.717, 1.165) is 24.5 Å². The van der Waals surface area contributed by atoms with E-state index in [2.05, 4.69) is 15.5 Å². The lowest BCUT2D eigenvalue weighted by Gasteiger charge is -2.25. The van der Waals surface area contributed by atoms with Gasteiger partial charge in [-0.2, -0.15) is 0 Å². The summed E-state index contributed by atoms with van der Waals surface area (Å²) in [4.78, 5) is 14.5. The molecule has 0 radical (unpaired) electrons. The number of aliphatic hydroxyl groups is 1. The Kier molecular flexibility index (Phi) is 5.95. The molecule has 0 bridgehead atoms. The molecular formula is C19H25N3O3. The van der Waals surface area contributed by atoms with E-state index in [1.807, 2.05) is 24.3 Å². The molecule has 2 aromatic rings. The number of nitrogens with one attached hydrogen (secondary N) is 2. The quantitative estimate of drug-likeness (QED) is 0.776. The van der Waals surface area contributed by atoms with Crippen molar-refractivity contribution >= 4 is 17.4 Å². The number of para-hydroxylation sites is 2. The van der Waals surface area contributed by atoms with Crippen LogP contribution in [0.1, 0.15) is 37.5 Å². The third kappa shape index (κ3) is 4.76. The number of urea groups is 1.